The monoisotopic (exact) mass is 606 g/mol. The van der Waals surface area contributed by atoms with Crippen molar-refractivity contribution >= 4 is 26.5 Å². The lowest BCUT2D eigenvalue weighted by Gasteiger charge is -2.40. The smallest absolute Gasteiger partial charge is 0.273 e. The second-order valence-corrected chi connectivity index (χ2v) is 14.0. The van der Waals surface area contributed by atoms with Crippen molar-refractivity contribution < 1.29 is 8.42 Å². The van der Waals surface area contributed by atoms with Crippen molar-refractivity contribution in [1.29, 1.82) is 0 Å². The molecule has 0 amide bonds. The van der Waals surface area contributed by atoms with E-state index < -0.39 is 26.2 Å². The van der Waals surface area contributed by atoms with Crippen molar-refractivity contribution in [3.05, 3.63) is 140 Å². The number of aromatic amines is 1. The molecule has 0 radical (unpaired) electrons. The summed E-state index contributed by atoms with van der Waals surface area (Å²) in [5, 5.41) is 0.532. The number of allylic oxidation sites excluding steroid dienone is 3. The lowest BCUT2D eigenvalue weighted by Crippen LogP contribution is -2.46. The molecule has 0 aliphatic heterocycles. The number of H-pyrrole nitrogens is 1. The maximum Gasteiger partial charge on any atom is 0.273 e. The Bertz CT molecular complexity index is 2250. The number of benzene rings is 1. The molecule has 8 nitrogen and oxygen atoms in total. The Hall–Kier alpha value is -4.76. The standard InChI is InChI=1S/C35H34N4O4S/c1-21-9-7-8-10-28(21)30-20-38(6)32(40)19-29(30)26-15-22(2)35(5,31(18-26)27-16-23(3)37-24(4)17-27)44(42,43)39-14-12-25-11-13-36-34(41)33(25)39/h7-20,31H,1-6H3,(H,36,41). The Kier molecular flexibility index (Phi) is 6.96. The highest BCUT2D eigenvalue weighted by Crippen LogP contribution is 2.49. The van der Waals surface area contributed by atoms with Gasteiger partial charge in [0, 0.05) is 60.0 Å². The highest BCUT2D eigenvalue weighted by atomic mass is 32.2. The number of pyridine rings is 3. The average molecular weight is 607 g/mol. The Balaban J connectivity index is 1.65. The summed E-state index contributed by atoms with van der Waals surface area (Å²) in [6, 6.07) is 16.7. The van der Waals surface area contributed by atoms with Gasteiger partial charge < -0.3 is 9.55 Å². The Morgan fingerprint density at radius 2 is 1.61 bits per heavy atom. The molecule has 44 heavy (non-hydrogen) atoms. The van der Waals surface area contributed by atoms with Crippen LogP contribution in [0.15, 0.2) is 101 Å². The van der Waals surface area contributed by atoms with Crippen LogP contribution in [0.5, 0.6) is 0 Å². The molecule has 4 aromatic heterocycles. The van der Waals surface area contributed by atoms with E-state index in [9.17, 15) is 18.0 Å². The van der Waals surface area contributed by atoms with E-state index in [0.29, 0.717) is 11.0 Å². The fourth-order valence-corrected chi connectivity index (χ4v) is 8.48. The quantitative estimate of drug-likeness (QED) is 0.273. The predicted molar refractivity (Wildman–Crippen MR) is 175 cm³/mol. The van der Waals surface area contributed by atoms with E-state index in [1.54, 1.807) is 36.7 Å². The largest absolute Gasteiger partial charge is 0.327 e. The summed E-state index contributed by atoms with van der Waals surface area (Å²) < 4.78 is 30.9. The van der Waals surface area contributed by atoms with Crippen LogP contribution in [-0.2, 0) is 17.1 Å². The molecule has 1 N–H and O–H groups in total. The zero-order valence-electron chi connectivity index (χ0n) is 25.5. The molecule has 1 aliphatic rings. The lowest BCUT2D eigenvalue weighted by atomic mass is 9.75. The van der Waals surface area contributed by atoms with Crippen LogP contribution < -0.4 is 11.1 Å². The first kappa shape index (κ1) is 29.3. The maximum absolute atomic E-state index is 14.8. The second kappa shape index (κ2) is 10.4. The van der Waals surface area contributed by atoms with Gasteiger partial charge in [0.1, 0.15) is 10.3 Å². The van der Waals surface area contributed by atoms with Crippen molar-refractivity contribution in [1.82, 2.24) is 18.5 Å². The van der Waals surface area contributed by atoms with Gasteiger partial charge >= 0.3 is 0 Å². The number of aromatic nitrogens is 4. The zero-order chi connectivity index (χ0) is 31.6. The third-order valence-electron chi connectivity index (χ3n) is 8.90. The van der Waals surface area contributed by atoms with E-state index in [1.165, 1.54) is 12.4 Å². The normalized spacial score (nSPS) is 18.7. The van der Waals surface area contributed by atoms with Gasteiger partial charge in [-0.25, -0.2) is 12.4 Å². The molecule has 224 valence electrons. The average Bonchev–Trinajstić information content (AvgIpc) is 3.42. The van der Waals surface area contributed by atoms with Gasteiger partial charge in [-0.15, -0.1) is 0 Å². The zero-order valence-corrected chi connectivity index (χ0v) is 26.4. The van der Waals surface area contributed by atoms with Crippen LogP contribution in [0.4, 0.5) is 0 Å². The summed E-state index contributed by atoms with van der Waals surface area (Å²) in [7, 11) is -2.51. The molecule has 0 fully saturated rings. The first-order valence-electron chi connectivity index (χ1n) is 14.4. The molecule has 9 heteroatoms. The molecular formula is C35H34N4O4S. The molecule has 0 saturated carbocycles. The second-order valence-electron chi connectivity index (χ2n) is 11.8. The molecule has 0 spiro atoms. The molecule has 1 aromatic carbocycles. The first-order chi connectivity index (χ1) is 20.8. The van der Waals surface area contributed by atoms with E-state index in [-0.39, 0.29) is 11.1 Å². The first-order valence-corrected chi connectivity index (χ1v) is 15.8. The number of hydrogen-bond acceptors (Lipinski definition) is 5. The summed E-state index contributed by atoms with van der Waals surface area (Å²) in [4.78, 5) is 33.1. The van der Waals surface area contributed by atoms with Gasteiger partial charge in [0.15, 0.2) is 0 Å². The van der Waals surface area contributed by atoms with Crippen LogP contribution in [-0.4, -0.2) is 31.7 Å². The fraction of sp³-hybridized carbons (Fsp3) is 0.229. The summed E-state index contributed by atoms with van der Waals surface area (Å²) in [5.74, 6) is -0.679. The minimum absolute atomic E-state index is 0.0746. The van der Waals surface area contributed by atoms with Gasteiger partial charge in [-0.2, -0.15) is 0 Å². The molecule has 1 aliphatic carbocycles. The van der Waals surface area contributed by atoms with E-state index in [4.69, 9.17) is 0 Å². The Morgan fingerprint density at radius 1 is 0.909 bits per heavy atom. The van der Waals surface area contributed by atoms with Crippen LogP contribution >= 0.6 is 0 Å². The van der Waals surface area contributed by atoms with Crippen LogP contribution in [0.1, 0.15) is 47.8 Å². The highest BCUT2D eigenvalue weighted by Gasteiger charge is 2.50. The number of rotatable bonds is 5. The summed E-state index contributed by atoms with van der Waals surface area (Å²) in [5.41, 5.74) is 6.68. The highest BCUT2D eigenvalue weighted by molar-refractivity contribution is 7.91. The topological polar surface area (TPSA) is 107 Å². The van der Waals surface area contributed by atoms with E-state index in [0.717, 1.165) is 48.8 Å². The molecule has 2 unspecified atom stereocenters. The molecule has 6 rings (SSSR count). The van der Waals surface area contributed by atoms with Crippen molar-refractivity contribution in [2.75, 3.05) is 0 Å². The molecule has 0 bridgehead atoms. The van der Waals surface area contributed by atoms with E-state index in [2.05, 4.69) is 9.97 Å². The SMILES string of the molecule is CC1=CC(c2cc(=O)n(C)cc2-c2ccccc2C)=CC(c2cc(C)nc(C)c2)C1(C)S(=O)(=O)n1ccc2cc[nH]c(=O)c21. The minimum atomic E-state index is -4.23. The minimum Gasteiger partial charge on any atom is -0.327 e. The van der Waals surface area contributed by atoms with E-state index >= 15 is 0 Å². The fourth-order valence-electron chi connectivity index (χ4n) is 6.43. The number of fused-ring (bicyclic) bond motifs is 1. The van der Waals surface area contributed by atoms with Crippen molar-refractivity contribution in [3.63, 3.8) is 0 Å². The van der Waals surface area contributed by atoms with E-state index in [1.807, 2.05) is 82.4 Å². The van der Waals surface area contributed by atoms with Gasteiger partial charge in [-0.1, -0.05) is 36.4 Å². The van der Waals surface area contributed by atoms with Crippen LogP contribution in [0.2, 0.25) is 0 Å². The Morgan fingerprint density at radius 3 is 2.32 bits per heavy atom. The van der Waals surface area contributed by atoms with Crippen molar-refractivity contribution in [2.24, 2.45) is 7.05 Å². The molecule has 2 atom stereocenters. The third kappa shape index (κ3) is 4.50. The summed E-state index contributed by atoms with van der Waals surface area (Å²) >= 11 is 0. The summed E-state index contributed by atoms with van der Waals surface area (Å²) in [6.45, 7) is 9.32. The summed E-state index contributed by atoms with van der Waals surface area (Å²) in [6.07, 6.45) is 8.60. The molecule has 0 saturated heterocycles. The number of nitrogens with one attached hydrogen (secondary N) is 1. The van der Waals surface area contributed by atoms with Crippen molar-refractivity contribution in [2.45, 2.75) is 45.3 Å². The van der Waals surface area contributed by atoms with Crippen LogP contribution in [0.3, 0.4) is 0 Å². The number of hydrogen-bond donors (Lipinski definition) is 1. The van der Waals surface area contributed by atoms with Gasteiger partial charge in [0.05, 0.1) is 0 Å². The van der Waals surface area contributed by atoms with Gasteiger partial charge in [-0.05, 0) is 92.3 Å². The van der Waals surface area contributed by atoms with Crippen LogP contribution in [0, 0.1) is 20.8 Å². The molecule has 5 aromatic rings. The molecular weight excluding hydrogens is 572 g/mol. The van der Waals surface area contributed by atoms with Gasteiger partial charge in [0.25, 0.3) is 11.1 Å². The molecule has 4 heterocycles. The number of aryl methyl sites for hydroxylation is 4. The van der Waals surface area contributed by atoms with Gasteiger partial charge in [-0.3, -0.25) is 14.6 Å². The van der Waals surface area contributed by atoms with Crippen LogP contribution in [0.25, 0.3) is 27.6 Å². The Labute approximate surface area is 256 Å². The third-order valence-corrected chi connectivity index (χ3v) is 11.4. The maximum atomic E-state index is 14.8. The lowest BCUT2D eigenvalue weighted by molar-refractivity contribution is 0.525. The number of nitrogens with zero attached hydrogens (tertiary/aromatic N) is 3. The van der Waals surface area contributed by atoms with Crippen molar-refractivity contribution in [3.8, 4) is 11.1 Å². The van der Waals surface area contributed by atoms with Gasteiger partial charge in [0.2, 0.25) is 10.0 Å². The predicted octanol–water partition coefficient (Wildman–Crippen LogP) is 5.78.